The van der Waals surface area contributed by atoms with E-state index in [2.05, 4.69) is 27.5 Å². The summed E-state index contributed by atoms with van der Waals surface area (Å²) in [6.07, 6.45) is 2.19. The molecule has 3 rings (SSSR count). The van der Waals surface area contributed by atoms with E-state index in [9.17, 15) is 14.4 Å². The summed E-state index contributed by atoms with van der Waals surface area (Å²) in [5.41, 5.74) is 1.80. The van der Waals surface area contributed by atoms with Gasteiger partial charge in [-0.05, 0) is 36.3 Å². The Morgan fingerprint density at radius 1 is 1.12 bits per heavy atom. The lowest BCUT2D eigenvalue weighted by atomic mass is 10.0. The SMILES string of the molecule is C=CC(=O)NCC(Cc1ccccc1)NC(=O)C(Cc1nc2ccc(Cl)cc2s1)NC(=O)CC. The fourth-order valence-electron chi connectivity index (χ4n) is 3.38. The van der Waals surface area contributed by atoms with Gasteiger partial charge in [0.1, 0.15) is 6.04 Å². The van der Waals surface area contributed by atoms with Crippen LogP contribution in [-0.2, 0) is 27.2 Å². The van der Waals surface area contributed by atoms with Gasteiger partial charge in [0.15, 0.2) is 0 Å². The van der Waals surface area contributed by atoms with Gasteiger partial charge < -0.3 is 16.0 Å². The lowest BCUT2D eigenvalue weighted by molar-refractivity contribution is -0.129. The third kappa shape index (κ3) is 7.40. The summed E-state index contributed by atoms with van der Waals surface area (Å²) in [6, 6.07) is 13.9. The Bertz CT molecular complexity index is 1170. The molecule has 0 radical (unpaired) electrons. The van der Waals surface area contributed by atoms with Gasteiger partial charge in [-0.25, -0.2) is 4.98 Å². The Hall–Kier alpha value is -3.23. The number of nitrogens with one attached hydrogen (secondary N) is 3. The maximum absolute atomic E-state index is 13.3. The van der Waals surface area contributed by atoms with Crippen molar-refractivity contribution in [3.8, 4) is 0 Å². The molecule has 7 nitrogen and oxygen atoms in total. The quantitative estimate of drug-likeness (QED) is 0.353. The highest BCUT2D eigenvalue weighted by Crippen LogP contribution is 2.26. The smallest absolute Gasteiger partial charge is 0.243 e. The summed E-state index contributed by atoms with van der Waals surface area (Å²) in [4.78, 5) is 41.7. The third-order valence-corrected chi connectivity index (χ3v) is 6.40. The molecule has 0 bridgehead atoms. The van der Waals surface area contributed by atoms with Crippen molar-refractivity contribution < 1.29 is 14.4 Å². The van der Waals surface area contributed by atoms with Gasteiger partial charge in [-0.2, -0.15) is 0 Å². The van der Waals surface area contributed by atoms with Gasteiger partial charge in [0, 0.05) is 24.4 Å². The van der Waals surface area contributed by atoms with Crippen LogP contribution >= 0.6 is 22.9 Å². The lowest BCUT2D eigenvalue weighted by Crippen LogP contribution is -2.53. The predicted molar refractivity (Wildman–Crippen MR) is 136 cm³/mol. The first kappa shape index (κ1) is 25.4. The van der Waals surface area contributed by atoms with Crippen LogP contribution in [0.25, 0.3) is 10.2 Å². The molecule has 0 aliphatic heterocycles. The van der Waals surface area contributed by atoms with Crippen LogP contribution in [0.3, 0.4) is 0 Å². The highest BCUT2D eigenvalue weighted by atomic mass is 35.5. The second-order valence-corrected chi connectivity index (χ2v) is 9.29. The number of thiazole rings is 1. The molecule has 1 heterocycles. The maximum atomic E-state index is 13.3. The maximum Gasteiger partial charge on any atom is 0.243 e. The van der Waals surface area contributed by atoms with Crippen molar-refractivity contribution >= 4 is 50.9 Å². The van der Waals surface area contributed by atoms with Gasteiger partial charge in [0.05, 0.1) is 21.3 Å². The molecule has 0 aliphatic carbocycles. The largest absolute Gasteiger partial charge is 0.350 e. The monoisotopic (exact) mass is 498 g/mol. The van der Waals surface area contributed by atoms with Crippen LogP contribution < -0.4 is 16.0 Å². The van der Waals surface area contributed by atoms with Crippen molar-refractivity contribution in [1.82, 2.24) is 20.9 Å². The minimum absolute atomic E-state index is 0.222. The van der Waals surface area contributed by atoms with Crippen molar-refractivity contribution in [2.45, 2.75) is 38.3 Å². The van der Waals surface area contributed by atoms with E-state index in [-0.39, 0.29) is 43.1 Å². The third-order valence-electron chi connectivity index (χ3n) is 5.13. The molecule has 2 unspecified atom stereocenters. The van der Waals surface area contributed by atoms with E-state index in [1.54, 1.807) is 13.0 Å². The number of rotatable bonds is 11. The predicted octanol–water partition coefficient (Wildman–Crippen LogP) is 3.42. The molecule has 0 aliphatic rings. The van der Waals surface area contributed by atoms with Crippen molar-refractivity contribution in [3.63, 3.8) is 0 Å². The molecule has 178 valence electrons. The number of aromatic nitrogens is 1. The molecule has 1 aromatic heterocycles. The van der Waals surface area contributed by atoms with Gasteiger partial charge >= 0.3 is 0 Å². The summed E-state index contributed by atoms with van der Waals surface area (Å²) in [6.45, 7) is 5.41. The Kier molecular flexibility index (Phi) is 9.18. The van der Waals surface area contributed by atoms with E-state index in [1.807, 2.05) is 42.5 Å². The zero-order valence-corrected chi connectivity index (χ0v) is 20.4. The van der Waals surface area contributed by atoms with E-state index in [0.717, 1.165) is 15.8 Å². The molecule has 2 aromatic carbocycles. The van der Waals surface area contributed by atoms with Gasteiger partial charge in [-0.15, -0.1) is 11.3 Å². The van der Waals surface area contributed by atoms with Crippen molar-refractivity contribution in [2.75, 3.05) is 6.54 Å². The van der Waals surface area contributed by atoms with Crippen LogP contribution in [0.5, 0.6) is 0 Å². The normalized spacial score (nSPS) is 12.5. The molecule has 3 amide bonds. The molecule has 3 N–H and O–H groups in total. The summed E-state index contributed by atoms with van der Waals surface area (Å²) in [7, 11) is 0. The lowest BCUT2D eigenvalue weighted by Gasteiger charge is -2.23. The van der Waals surface area contributed by atoms with Crippen LogP contribution in [0.15, 0.2) is 61.2 Å². The molecule has 0 saturated carbocycles. The topological polar surface area (TPSA) is 100 Å². The number of carbonyl (C=O) groups excluding carboxylic acids is 3. The Morgan fingerprint density at radius 3 is 2.59 bits per heavy atom. The average molecular weight is 499 g/mol. The molecule has 0 fully saturated rings. The van der Waals surface area contributed by atoms with Crippen LogP contribution in [-0.4, -0.2) is 41.3 Å². The first-order chi connectivity index (χ1) is 16.4. The highest BCUT2D eigenvalue weighted by Gasteiger charge is 2.25. The number of benzene rings is 2. The second-order valence-electron chi connectivity index (χ2n) is 7.74. The van der Waals surface area contributed by atoms with Crippen LogP contribution in [0.2, 0.25) is 5.02 Å². The molecule has 0 spiro atoms. The second kappa shape index (κ2) is 12.3. The van der Waals surface area contributed by atoms with Crippen LogP contribution in [0, 0.1) is 0 Å². The number of hydrogen-bond acceptors (Lipinski definition) is 5. The summed E-state index contributed by atoms with van der Waals surface area (Å²) < 4.78 is 0.914. The van der Waals surface area contributed by atoms with Gasteiger partial charge in [0.2, 0.25) is 17.7 Å². The Morgan fingerprint density at radius 2 is 1.88 bits per heavy atom. The van der Waals surface area contributed by atoms with Crippen LogP contribution in [0.1, 0.15) is 23.9 Å². The highest BCUT2D eigenvalue weighted by molar-refractivity contribution is 7.18. The number of nitrogens with zero attached hydrogens (tertiary/aromatic N) is 1. The minimum atomic E-state index is -0.808. The zero-order chi connectivity index (χ0) is 24.5. The first-order valence-electron chi connectivity index (χ1n) is 11.0. The molecular weight excluding hydrogens is 472 g/mol. The zero-order valence-electron chi connectivity index (χ0n) is 18.8. The molecule has 9 heteroatoms. The van der Waals surface area contributed by atoms with Crippen molar-refractivity contribution in [2.24, 2.45) is 0 Å². The number of hydrogen-bond donors (Lipinski definition) is 3. The van der Waals surface area contributed by atoms with Crippen molar-refractivity contribution in [1.29, 1.82) is 0 Å². The van der Waals surface area contributed by atoms with Crippen LogP contribution in [0.4, 0.5) is 0 Å². The molecule has 3 aromatic rings. The van der Waals surface area contributed by atoms with Gasteiger partial charge in [-0.1, -0.05) is 55.4 Å². The molecular formula is C25H27ClN4O3S. The standard InChI is InChI=1S/C25H27ClN4O3S/c1-3-22(31)27-15-18(12-16-8-6-5-7-9-16)28-25(33)20(29-23(32)4-2)14-24-30-19-11-10-17(26)13-21(19)34-24/h3,5-11,13,18,20H,1,4,12,14-15H2,2H3,(H,27,31)(H,28,33)(H,29,32). The van der Waals surface area contributed by atoms with Gasteiger partial charge in [0.25, 0.3) is 0 Å². The average Bonchev–Trinajstić information content (AvgIpc) is 3.23. The van der Waals surface area contributed by atoms with E-state index in [4.69, 9.17) is 11.6 Å². The van der Waals surface area contributed by atoms with E-state index >= 15 is 0 Å². The molecule has 34 heavy (non-hydrogen) atoms. The minimum Gasteiger partial charge on any atom is -0.350 e. The molecule has 0 saturated heterocycles. The van der Waals surface area contributed by atoms with Crippen molar-refractivity contribution in [3.05, 3.63) is 76.8 Å². The summed E-state index contributed by atoms with van der Waals surface area (Å²) in [5.74, 6) is -0.895. The fourth-order valence-corrected chi connectivity index (χ4v) is 4.67. The molecule has 2 atom stereocenters. The summed E-state index contributed by atoms with van der Waals surface area (Å²) in [5, 5.41) is 9.86. The van der Waals surface area contributed by atoms with E-state index < -0.39 is 6.04 Å². The number of amides is 3. The van der Waals surface area contributed by atoms with E-state index in [0.29, 0.717) is 16.5 Å². The van der Waals surface area contributed by atoms with E-state index in [1.165, 1.54) is 17.4 Å². The Labute approximate surface area is 207 Å². The first-order valence-corrected chi connectivity index (χ1v) is 12.2. The number of fused-ring (bicyclic) bond motifs is 1. The van der Waals surface area contributed by atoms with Gasteiger partial charge in [-0.3, -0.25) is 14.4 Å². The summed E-state index contributed by atoms with van der Waals surface area (Å²) >= 11 is 7.52. The number of carbonyl (C=O) groups is 3. The number of halogens is 1. The Balaban J connectivity index is 1.77. The fraction of sp³-hybridized carbons (Fsp3) is 0.280.